The molecule has 1 heterocycles. The molecule has 4 nitrogen and oxygen atoms in total. The number of benzene rings is 1. The van der Waals surface area contributed by atoms with Crippen LogP contribution in [-0.4, -0.2) is 15.6 Å². The van der Waals surface area contributed by atoms with E-state index in [4.69, 9.17) is 5.26 Å². The third-order valence-electron chi connectivity index (χ3n) is 3.92. The molecule has 19 heavy (non-hydrogen) atoms. The van der Waals surface area contributed by atoms with Gasteiger partial charge >= 0.3 is 5.97 Å². The second-order valence-electron chi connectivity index (χ2n) is 5.13. The Bertz CT molecular complexity index is 690. The van der Waals surface area contributed by atoms with Crippen LogP contribution in [0.1, 0.15) is 35.3 Å². The van der Waals surface area contributed by atoms with Crippen LogP contribution in [0.3, 0.4) is 0 Å². The van der Waals surface area contributed by atoms with Crippen molar-refractivity contribution >= 4 is 16.9 Å². The smallest absolute Gasteiger partial charge is 0.352 e. The van der Waals surface area contributed by atoms with Crippen LogP contribution < -0.4 is 0 Å². The predicted octanol–water partition coefficient (Wildman–Crippen LogP) is 3.01. The standard InChI is InChI=1S/C15H14N2O2/c16-8-11-4-5-12-7-14(15(18)19)17(13(12)6-11)9-10-2-1-3-10/h4-7,10H,1-3,9H2,(H,18,19). The van der Waals surface area contributed by atoms with Crippen LogP contribution in [-0.2, 0) is 6.54 Å². The second-order valence-corrected chi connectivity index (χ2v) is 5.13. The fraction of sp³-hybridized carbons (Fsp3) is 0.333. The molecule has 0 amide bonds. The minimum Gasteiger partial charge on any atom is -0.477 e. The Labute approximate surface area is 110 Å². The average molecular weight is 254 g/mol. The SMILES string of the molecule is N#Cc1ccc2cc(C(=O)O)n(CC3CCC3)c2c1. The van der Waals surface area contributed by atoms with E-state index in [2.05, 4.69) is 6.07 Å². The summed E-state index contributed by atoms with van der Waals surface area (Å²) in [6.07, 6.45) is 3.56. The molecule has 1 aliphatic carbocycles. The van der Waals surface area contributed by atoms with Crippen molar-refractivity contribution in [1.29, 1.82) is 5.26 Å². The minimum absolute atomic E-state index is 0.317. The number of fused-ring (bicyclic) bond motifs is 1. The van der Waals surface area contributed by atoms with Gasteiger partial charge in [-0.2, -0.15) is 5.26 Å². The number of aromatic carboxylic acids is 1. The Hall–Kier alpha value is -2.28. The van der Waals surface area contributed by atoms with Crippen LogP contribution >= 0.6 is 0 Å². The lowest BCUT2D eigenvalue weighted by Gasteiger charge is -2.26. The lowest BCUT2D eigenvalue weighted by molar-refractivity contribution is 0.0683. The van der Waals surface area contributed by atoms with Gasteiger partial charge in [0.05, 0.1) is 11.6 Å². The normalized spacial score (nSPS) is 15.1. The average Bonchev–Trinajstić information content (AvgIpc) is 2.71. The molecule has 1 aromatic heterocycles. The molecule has 0 radical (unpaired) electrons. The van der Waals surface area contributed by atoms with Crippen molar-refractivity contribution in [3.63, 3.8) is 0 Å². The van der Waals surface area contributed by atoms with Crippen molar-refractivity contribution in [2.75, 3.05) is 0 Å². The maximum Gasteiger partial charge on any atom is 0.352 e. The van der Waals surface area contributed by atoms with Crippen molar-refractivity contribution in [3.05, 3.63) is 35.5 Å². The van der Waals surface area contributed by atoms with Crippen molar-refractivity contribution in [2.45, 2.75) is 25.8 Å². The Morgan fingerprint density at radius 1 is 1.42 bits per heavy atom. The van der Waals surface area contributed by atoms with Gasteiger partial charge in [0.25, 0.3) is 0 Å². The lowest BCUT2D eigenvalue weighted by atomic mass is 9.85. The number of nitrogens with zero attached hydrogens (tertiary/aromatic N) is 2. The Balaban J connectivity index is 2.14. The van der Waals surface area contributed by atoms with E-state index in [0.29, 0.717) is 17.2 Å². The first-order chi connectivity index (χ1) is 9.19. The molecule has 0 aliphatic heterocycles. The summed E-state index contributed by atoms with van der Waals surface area (Å²) in [6.45, 7) is 0.736. The second kappa shape index (κ2) is 4.43. The number of nitriles is 1. The highest BCUT2D eigenvalue weighted by atomic mass is 16.4. The zero-order chi connectivity index (χ0) is 13.4. The van der Waals surface area contributed by atoms with Gasteiger partial charge in [-0.3, -0.25) is 0 Å². The summed E-state index contributed by atoms with van der Waals surface area (Å²) in [5, 5.41) is 19.2. The van der Waals surface area contributed by atoms with Gasteiger partial charge in [0.2, 0.25) is 0 Å². The summed E-state index contributed by atoms with van der Waals surface area (Å²) >= 11 is 0. The number of rotatable bonds is 3. The highest BCUT2D eigenvalue weighted by molar-refractivity contribution is 5.95. The number of carboxylic acid groups (broad SMARTS) is 1. The van der Waals surface area contributed by atoms with Gasteiger partial charge in [-0.25, -0.2) is 4.79 Å². The molecule has 0 bridgehead atoms. The highest BCUT2D eigenvalue weighted by Crippen LogP contribution is 2.31. The summed E-state index contributed by atoms with van der Waals surface area (Å²) in [5.74, 6) is -0.339. The molecule has 1 aliphatic rings. The van der Waals surface area contributed by atoms with Gasteiger partial charge in [-0.1, -0.05) is 12.5 Å². The van der Waals surface area contributed by atoms with Crippen molar-refractivity contribution in [3.8, 4) is 6.07 Å². The van der Waals surface area contributed by atoms with Gasteiger partial charge in [0.1, 0.15) is 5.69 Å². The minimum atomic E-state index is -0.908. The first-order valence-corrected chi connectivity index (χ1v) is 6.45. The molecule has 2 aromatic rings. The molecule has 3 rings (SSSR count). The van der Waals surface area contributed by atoms with E-state index in [9.17, 15) is 9.90 Å². The fourth-order valence-electron chi connectivity index (χ4n) is 2.63. The van der Waals surface area contributed by atoms with Crippen molar-refractivity contribution in [1.82, 2.24) is 4.57 Å². The van der Waals surface area contributed by atoms with E-state index < -0.39 is 5.97 Å². The highest BCUT2D eigenvalue weighted by Gasteiger charge is 2.22. The van der Waals surface area contributed by atoms with E-state index in [1.807, 2.05) is 10.6 Å². The monoisotopic (exact) mass is 254 g/mol. The Morgan fingerprint density at radius 3 is 2.79 bits per heavy atom. The van der Waals surface area contributed by atoms with E-state index in [1.54, 1.807) is 18.2 Å². The first-order valence-electron chi connectivity index (χ1n) is 6.45. The first kappa shape index (κ1) is 11.8. The van der Waals surface area contributed by atoms with Crippen LogP contribution in [0.2, 0.25) is 0 Å². The molecule has 96 valence electrons. The molecule has 0 saturated heterocycles. The van der Waals surface area contributed by atoms with E-state index in [0.717, 1.165) is 30.3 Å². The van der Waals surface area contributed by atoms with E-state index in [1.165, 1.54) is 6.42 Å². The molecule has 0 unspecified atom stereocenters. The zero-order valence-corrected chi connectivity index (χ0v) is 10.5. The van der Waals surface area contributed by atoms with Gasteiger partial charge in [0.15, 0.2) is 0 Å². The van der Waals surface area contributed by atoms with Gasteiger partial charge in [-0.05, 0) is 37.0 Å². The van der Waals surface area contributed by atoms with Crippen LogP contribution in [0.15, 0.2) is 24.3 Å². The van der Waals surface area contributed by atoms with Gasteiger partial charge in [-0.15, -0.1) is 0 Å². The lowest BCUT2D eigenvalue weighted by Crippen LogP contribution is -2.20. The summed E-state index contributed by atoms with van der Waals surface area (Å²) in [7, 11) is 0. The molecule has 4 heteroatoms. The van der Waals surface area contributed by atoms with Gasteiger partial charge < -0.3 is 9.67 Å². The summed E-state index contributed by atoms with van der Waals surface area (Å²) in [6, 6.07) is 9.12. The Kier molecular flexibility index (Phi) is 2.75. The molecule has 1 aromatic carbocycles. The Morgan fingerprint density at radius 2 is 2.21 bits per heavy atom. The summed E-state index contributed by atoms with van der Waals surface area (Å²) in [5.41, 5.74) is 1.73. The summed E-state index contributed by atoms with van der Waals surface area (Å²) < 4.78 is 1.85. The molecule has 1 fully saturated rings. The number of carbonyl (C=O) groups is 1. The van der Waals surface area contributed by atoms with Crippen molar-refractivity contribution in [2.24, 2.45) is 5.92 Å². The van der Waals surface area contributed by atoms with Crippen LogP contribution in [0, 0.1) is 17.2 Å². The van der Waals surface area contributed by atoms with Crippen LogP contribution in [0.4, 0.5) is 0 Å². The molecule has 0 spiro atoms. The van der Waals surface area contributed by atoms with Crippen LogP contribution in [0.5, 0.6) is 0 Å². The fourth-order valence-corrected chi connectivity index (χ4v) is 2.63. The quantitative estimate of drug-likeness (QED) is 0.915. The maximum atomic E-state index is 11.3. The number of hydrogen-bond donors (Lipinski definition) is 1. The topological polar surface area (TPSA) is 66.0 Å². The number of hydrogen-bond acceptors (Lipinski definition) is 2. The molecular weight excluding hydrogens is 240 g/mol. The third kappa shape index (κ3) is 1.97. The summed E-state index contributed by atoms with van der Waals surface area (Å²) in [4.78, 5) is 11.3. The van der Waals surface area contributed by atoms with E-state index >= 15 is 0 Å². The van der Waals surface area contributed by atoms with Crippen molar-refractivity contribution < 1.29 is 9.90 Å². The largest absolute Gasteiger partial charge is 0.477 e. The third-order valence-corrected chi connectivity index (χ3v) is 3.92. The number of carboxylic acids is 1. The molecule has 1 N–H and O–H groups in total. The molecule has 1 saturated carbocycles. The van der Waals surface area contributed by atoms with E-state index in [-0.39, 0.29) is 0 Å². The maximum absolute atomic E-state index is 11.3. The number of aromatic nitrogens is 1. The predicted molar refractivity (Wildman–Crippen MR) is 71.0 cm³/mol. The zero-order valence-electron chi connectivity index (χ0n) is 10.5. The van der Waals surface area contributed by atoms with Gasteiger partial charge in [0, 0.05) is 17.4 Å². The molecule has 0 atom stereocenters. The van der Waals surface area contributed by atoms with Crippen LogP contribution in [0.25, 0.3) is 10.9 Å². The molecular formula is C15H14N2O2.